The van der Waals surface area contributed by atoms with Crippen molar-refractivity contribution in [3.8, 4) is 5.69 Å². The van der Waals surface area contributed by atoms with Gasteiger partial charge in [0, 0.05) is 6.20 Å². The third kappa shape index (κ3) is 2.14. The number of aromatic amines is 1. The van der Waals surface area contributed by atoms with Crippen molar-refractivity contribution in [2.24, 2.45) is 0 Å². The molecule has 0 radical (unpaired) electrons. The van der Waals surface area contributed by atoms with Gasteiger partial charge in [0.2, 0.25) is 0 Å². The van der Waals surface area contributed by atoms with E-state index >= 15 is 0 Å². The maximum absolute atomic E-state index is 11.9. The zero-order chi connectivity index (χ0) is 12.4. The minimum atomic E-state index is -0.455. The molecule has 0 unspecified atom stereocenters. The molecule has 0 fully saturated rings. The Labute approximate surface area is 107 Å². The first-order valence-corrected chi connectivity index (χ1v) is 5.71. The van der Waals surface area contributed by atoms with Crippen LogP contribution in [0.3, 0.4) is 0 Å². The molecule has 1 heterocycles. The molecule has 1 aromatic heterocycles. The Morgan fingerprint density at radius 2 is 2.06 bits per heavy atom. The lowest BCUT2D eigenvalue weighted by molar-refractivity contribution is 0.102. The van der Waals surface area contributed by atoms with Crippen LogP contribution in [0.15, 0.2) is 35.3 Å². The highest BCUT2D eigenvalue weighted by Gasteiger charge is 2.15. The summed E-state index contributed by atoms with van der Waals surface area (Å²) >= 11 is 11.4. The number of hydrogen-bond acceptors (Lipinski definition) is 2. The van der Waals surface area contributed by atoms with E-state index in [1.54, 1.807) is 24.3 Å². The van der Waals surface area contributed by atoms with Gasteiger partial charge in [0.05, 0.1) is 16.6 Å². The summed E-state index contributed by atoms with van der Waals surface area (Å²) in [6.07, 6.45) is 1.33. The number of para-hydroxylation sites is 1. The second-order valence-corrected chi connectivity index (χ2v) is 4.01. The SMILES string of the molecule is O=C(CCl)c1c[nH]n(-c2ccccc2Cl)c1=O. The molecule has 1 N–H and O–H groups in total. The molecule has 2 rings (SSSR count). The lowest BCUT2D eigenvalue weighted by Gasteiger charge is -2.02. The van der Waals surface area contributed by atoms with Crippen molar-refractivity contribution in [1.29, 1.82) is 0 Å². The molecule has 17 heavy (non-hydrogen) atoms. The Morgan fingerprint density at radius 1 is 1.35 bits per heavy atom. The monoisotopic (exact) mass is 270 g/mol. The van der Waals surface area contributed by atoms with Gasteiger partial charge in [-0.25, -0.2) is 4.68 Å². The van der Waals surface area contributed by atoms with E-state index in [1.165, 1.54) is 10.9 Å². The fraction of sp³-hybridized carbons (Fsp3) is 0.0909. The second-order valence-electron chi connectivity index (χ2n) is 3.34. The minimum absolute atomic E-state index is 0.0277. The van der Waals surface area contributed by atoms with E-state index in [0.29, 0.717) is 10.7 Å². The van der Waals surface area contributed by atoms with Crippen LogP contribution in [0.25, 0.3) is 5.69 Å². The average molecular weight is 271 g/mol. The van der Waals surface area contributed by atoms with E-state index in [-0.39, 0.29) is 11.4 Å². The number of alkyl halides is 1. The lowest BCUT2D eigenvalue weighted by atomic mass is 10.2. The Hall–Kier alpha value is -1.52. The Morgan fingerprint density at radius 3 is 2.71 bits per heavy atom. The van der Waals surface area contributed by atoms with E-state index in [9.17, 15) is 9.59 Å². The largest absolute Gasteiger partial charge is 0.297 e. The molecular formula is C11H8Cl2N2O2. The number of aromatic nitrogens is 2. The fourth-order valence-corrected chi connectivity index (χ4v) is 1.82. The van der Waals surface area contributed by atoms with Crippen molar-refractivity contribution < 1.29 is 4.79 Å². The maximum Gasteiger partial charge on any atom is 0.282 e. The summed E-state index contributed by atoms with van der Waals surface area (Å²) in [5.74, 6) is -0.644. The number of carbonyl (C=O) groups is 1. The highest BCUT2D eigenvalue weighted by molar-refractivity contribution is 6.32. The van der Waals surface area contributed by atoms with Gasteiger partial charge in [0.25, 0.3) is 5.56 Å². The Balaban J connectivity index is 2.56. The van der Waals surface area contributed by atoms with Gasteiger partial charge >= 0.3 is 0 Å². The third-order valence-corrected chi connectivity index (χ3v) is 2.85. The molecule has 1 aromatic carbocycles. The van der Waals surface area contributed by atoms with E-state index in [1.807, 2.05) is 0 Å². The zero-order valence-corrected chi connectivity index (χ0v) is 10.1. The summed E-state index contributed by atoms with van der Waals surface area (Å²) < 4.78 is 1.21. The van der Waals surface area contributed by atoms with Gasteiger partial charge in [0.1, 0.15) is 5.56 Å². The van der Waals surface area contributed by atoms with Crippen LogP contribution in [-0.2, 0) is 0 Å². The molecule has 0 bridgehead atoms. The molecule has 0 aliphatic carbocycles. The smallest absolute Gasteiger partial charge is 0.282 e. The van der Waals surface area contributed by atoms with E-state index in [4.69, 9.17) is 23.2 Å². The van der Waals surface area contributed by atoms with E-state index in [2.05, 4.69) is 5.10 Å². The molecule has 2 aromatic rings. The molecule has 0 amide bonds. The van der Waals surface area contributed by atoms with Crippen LogP contribution in [0.1, 0.15) is 10.4 Å². The van der Waals surface area contributed by atoms with Crippen LogP contribution in [-0.4, -0.2) is 21.4 Å². The Kier molecular flexibility index (Phi) is 3.36. The molecular weight excluding hydrogens is 263 g/mol. The first-order chi connectivity index (χ1) is 8.15. The summed E-state index contributed by atoms with van der Waals surface area (Å²) in [6, 6.07) is 6.84. The van der Waals surface area contributed by atoms with Gasteiger partial charge in [-0.05, 0) is 12.1 Å². The quantitative estimate of drug-likeness (QED) is 0.687. The predicted molar refractivity (Wildman–Crippen MR) is 66.5 cm³/mol. The topological polar surface area (TPSA) is 54.9 Å². The van der Waals surface area contributed by atoms with Crippen molar-refractivity contribution in [2.45, 2.75) is 0 Å². The molecule has 0 saturated carbocycles. The van der Waals surface area contributed by atoms with Gasteiger partial charge in [-0.3, -0.25) is 14.7 Å². The number of ketones is 1. The summed E-state index contributed by atoms with van der Waals surface area (Å²) in [6.45, 7) is 0. The van der Waals surface area contributed by atoms with Crippen molar-refractivity contribution in [3.05, 3.63) is 51.4 Å². The average Bonchev–Trinajstić information content (AvgIpc) is 2.71. The Bertz CT molecular complexity index is 616. The highest BCUT2D eigenvalue weighted by atomic mass is 35.5. The van der Waals surface area contributed by atoms with Gasteiger partial charge < -0.3 is 0 Å². The number of halogens is 2. The number of rotatable bonds is 3. The standard InChI is InChI=1S/C11H8Cl2N2O2/c12-5-10(16)7-6-14-15(11(7)17)9-4-2-1-3-8(9)13/h1-4,6,14H,5H2. The second kappa shape index (κ2) is 4.77. The number of H-pyrrole nitrogens is 1. The maximum atomic E-state index is 11.9. The molecule has 0 atom stereocenters. The predicted octanol–water partition coefficient (Wildman–Crippen LogP) is 2.24. The number of nitrogens with zero attached hydrogens (tertiary/aromatic N) is 1. The minimum Gasteiger partial charge on any atom is -0.297 e. The van der Waals surface area contributed by atoms with Crippen LogP contribution in [0.4, 0.5) is 0 Å². The molecule has 0 saturated heterocycles. The third-order valence-electron chi connectivity index (χ3n) is 2.29. The van der Waals surface area contributed by atoms with Crippen molar-refractivity contribution in [2.75, 3.05) is 5.88 Å². The summed E-state index contributed by atoms with van der Waals surface area (Å²) in [4.78, 5) is 23.3. The summed E-state index contributed by atoms with van der Waals surface area (Å²) in [5.41, 5.74) is 0.0662. The number of Topliss-reactive ketones (excluding diaryl/α,β-unsaturated/α-hetero) is 1. The first kappa shape index (κ1) is 12.0. The van der Waals surface area contributed by atoms with Crippen LogP contribution >= 0.6 is 23.2 Å². The van der Waals surface area contributed by atoms with Gasteiger partial charge in [-0.1, -0.05) is 23.7 Å². The summed E-state index contributed by atoms with van der Waals surface area (Å²) in [7, 11) is 0. The normalized spacial score (nSPS) is 10.5. The molecule has 0 aliphatic rings. The first-order valence-electron chi connectivity index (χ1n) is 4.79. The molecule has 6 heteroatoms. The number of nitrogens with one attached hydrogen (secondary N) is 1. The lowest BCUT2D eigenvalue weighted by Crippen LogP contribution is -2.20. The van der Waals surface area contributed by atoms with E-state index in [0.717, 1.165) is 0 Å². The highest BCUT2D eigenvalue weighted by Crippen LogP contribution is 2.17. The molecule has 0 spiro atoms. The van der Waals surface area contributed by atoms with Crippen LogP contribution in [0.2, 0.25) is 5.02 Å². The van der Waals surface area contributed by atoms with Crippen LogP contribution < -0.4 is 5.56 Å². The molecule has 0 aliphatic heterocycles. The van der Waals surface area contributed by atoms with Gasteiger partial charge in [-0.15, -0.1) is 11.6 Å². The van der Waals surface area contributed by atoms with Crippen molar-refractivity contribution in [3.63, 3.8) is 0 Å². The number of hydrogen-bond donors (Lipinski definition) is 1. The van der Waals surface area contributed by atoms with Crippen LogP contribution in [0, 0.1) is 0 Å². The van der Waals surface area contributed by atoms with Crippen molar-refractivity contribution >= 4 is 29.0 Å². The zero-order valence-electron chi connectivity index (χ0n) is 8.61. The summed E-state index contributed by atoms with van der Waals surface area (Å²) in [5, 5.41) is 3.10. The van der Waals surface area contributed by atoms with Crippen molar-refractivity contribution in [1.82, 2.24) is 9.78 Å². The fourth-order valence-electron chi connectivity index (χ4n) is 1.45. The van der Waals surface area contributed by atoms with Gasteiger partial charge in [0.15, 0.2) is 5.78 Å². The molecule has 4 nitrogen and oxygen atoms in total. The number of carbonyl (C=O) groups excluding carboxylic acids is 1. The molecule has 88 valence electrons. The van der Waals surface area contributed by atoms with Gasteiger partial charge in [-0.2, -0.15) is 0 Å². The van der Waals surface area contributed by atoms with E-state index < -0.39 is 11.3 Å². The van der Waals surface area contributed by atoms with Crippen LogP contribution in [0.5, 0.6) is 0 Å². The number of benzene rings is 1.